The average Bonchev–Trinajstić information content (AvgIpc) is 3.68. The van der Waals surface area contributed by atoms with Gasteiger partial charge in [0.05, 0.1) is 45.6 Å². The molecule has 3 aromatic carbocycles. The number of rotatable bonds is 8. The highest BCUT2D eigenvalue weighted by Crippen LogP contribution is 2.44. The second-order valence-corrected chi connectivity index (χ2v) is 14.2. The standard InChI is InChI=1S/C39H39Cl2N5O4/c1-20-15-26(16-21(2)35(20)41)50-14-8-9-27-28-10-11-30(40)34(33-23(4)42-44(7)24(33)5)36(28)45-19-22(3)46(38(47)37(27)45)32-18-25(39(48)49)17-31-29(32)12-13-43(31)6/h10-13,15-18,22H,8-9,14,19H2,1-7H3,(H,48,49). The van der Waals surface area contributed by atoms with E-state index in [1.807, 2.05) is 94.5 Å². The third kappa shape index (κ3) is 5.34. The third-order valence-electron chi connectivity index (χ3n) is 10.1. The molecule has 3 aromatic heterocycles. The van der Waals surface area contributed by atoms with Gasteiger partial charge < -0.3 is 23.9 Å². The van der Waals surface area contributed by atoms with Crippen LogP contribution in [0, 0.1) is 27.7 Å². The van der Waals surface area contributed by atoms with E-state index >= 15 is 4.79 Å². The number of aromatic nitrogens is 4. The molecule has 1 amide bonds. The lowest BCUT2D eigenvalue weighted by Crippen LogP contribution is -2.47. The van der Waals surface area contributed by atoms with Gasteiger partial charge in [-0.05, 0) is 101 Å². The van der Waals surface area contributed by atoms with Crippen molar-refractivity contribution < 1.29 is 19.4 Å². The summed E-state index contributed by atoms with van der Waals surface area (Å²) in [7, 11) is 3.79. The first kappa shape index (κ1) is 33.8. The van der Waals surface area contributed by atoms with E-state index in [0.29, 0.717) is 42.4 Å². The quantitative estimate of drug-likeness (QED) is 0.159. The predicted octanol–water partition coefficient (Wildman–Crippen LogP) is 8.83. The van der Waals surface area contributed by atoms with Crippen molar-refractivity contribution in [3.05, 3.63) is 98.0 Å². The van der Waals surface area contributed by atoms with Crippen molar-refractivity contribution in [3.63, 3.8) is 0 Å². The zero-order valence-electron chi connectivity index (χ0n) is 29.2. The molecular formula is C39H39Cl2N5O4. The highest BCUT2D eigenvalue weighted by Gasteiger charge is 2.38. The molecule has 11 heteroatoms. The Hall–Kier alpha value is -4.73. The Kier molecular flexibility index (Phi) is 8.47. The number of carboxylic acid groups (broad SMARTS) is 1. The summed E-state index contributed by atoms with van der Waals surface area (Å²) < 4.78 is 12.0. The first-order chi connectivity index (χ1) is 23.8. The zero-order chi connectivity index (χ0) is 35.8. The summed E-state index contributed by atoms with van der Waals surface area (Å²) in [6, 6.07) is 12.7. The number of carbonyl (C=O) groups excluding carboxylic acids is 1. The van der Waals surface area contributed by atoms with E-state index in [0.717, 1.165) is 71.8 Å². The number of carboxylic acids is 1. The maximum atomic E-state index is 15.0. The smallest absolute Gasteiger partial charge is 0.335 e. The molecule has 1 aliphatic heterocycles. The lowest BCUT2D eigenvalue weighted by atomic mass is 9.98. The molecule has 7 rings (SSSR count). The number of benzene rings is 3. The summed E-state index contributed by atoms with van der Waals surface area (Å²) >= 11 is 13.4. The predicted molar refractivity (Wildman–Crippen MR) is 200 cm³/mol. The van der Waals surface area contributed by atoms with Gasteiger partial charge in [-0.25, -0.2) is 4.79 Å². The minimum Gasteiger partial charge on any atom is -0.494 e. The van der Waals surface area contributed by atoms with Crippen LogP contribution in [0.4, 0.5) is 5.69 Å². The van der Waals surface area contributed by atoms with Crippen molar-refractivity contribution in [2.24, 2.45) is 14.1 Å². The van der Waals surface area contributed by atoms with Crippen LogP contribution in [0.1, 0.15) is 62.3 Å². The summed E-state index contributed by atoms with van der Waals surface area (Å²) in [5.41, 5.74) is 9.38. The van der Waals surface area contributed by atoms with E-state index in [9.17, 15) is 9.90 Å². The molecule has 0 radical (unpaired) electrons. The molecule has 6 aromatic rings. The highest BCUT2D eigenvalue weighted by molar-refractivity contribution is 6.35. The van der Waals surface area contributed by atoms with E-state index in [1.165, 1.54) is 0 Å². The fraction of sp³-hybridized carbons (Fsp3) is 0.308. The van der Waals surface area contributed by atoms with Crippen LogP contribution in [0.15, 0.2) is 48.7 Å². The van der Waals surface area contributed by atoms with Crippen LogP contribution in [0.5, 0.6) is 5.75 Å². The molecule has 0 spiro atoms. The van der Waals surface area contributed by atoms with Gasteiger partial charge in [-0.3, -0.25) is 9.48 Å². The van der Waals surface area contributed by atoms with Gasteiger partial charge in [-0.1, -0.05) is 29.3 Å². The number of halogens is 2. The van der Waals surface area contributed by atoms with Crippen LogP contribution in [-0.4, -0.2) is 48.5 Å². The van der Waals surface area contributed by atoms with Crippen molar-refractivity contribution in [2.75, 3.05) is 11.5 Å². The number of fused-ring (bicyclic) bond motifs is 4. The number of hydrogen-bond donors (Lipinski definition) is 1. The normalized spacial score (nSPS) is 14.6. The first-order valence-electron chi connectivity index (χ1n) is 16.7. The molecule has 4 heterocycles. The van der Waals surface area contributed by atoms with Crippen LogP contribution >= 0.6 is 23.2 Å². The molecule has 0 saturated heterocycles. The number of amides is 1. The molecule has 50 heavy (non-hydrogen) atoms. The van der Waals surface area contributed by atoms with Crippen LogP contribution in [0.25, 0.3) is 32.9 Å². The van der Waals surface area contributed by atoms with Gasteiger partial charge in [0, 0.05) is 59.5 Å². The molecule has 0 aliphatic carbocycles. The molecule has 1 atom stereocenters. The number of aromatic carboxylic acids is 1. The van der Waals surface area contributed by atoms with Crippen molar-refractivity contribution in [1.29, 1.82) is 0 Å². The van der Waals surface area contributed by atoms with Gasteiger partial charge in [0.25, 0.3) is 5.91 Å². The van der Waals surface area contributed by atoms with E-state index in [-0.39, 0.29) is 17.5 Å². The second-order valence-electron chi connectivity index (χ2n) is 13.4. The molecule has 9 nitrogen and oxygen atoms in total. The lowest BCUT2D eigenvalue weighted by Gasteiger charge is -2.36. The number of nitrogens with zero attached hydrogens (tertiary/aromatic N) is 5. The van der Waals surface area contributed by atoms with E-state index < -0.39 is 5.97 Å². The Morgan fingerprint density at radius 3 is 2.38 bits per heavy atom. The summed E-state index contributed by atoms with van der Waals surface area (Å²) in [5, 5.41) is 17.8. The maximum absolute atomic E-state index is 15.0. The monoisotopic (exact) mass is 711 g/mol. The van der Waals surface area contributed by atoms with Crippen LogP contribution in [-0.2, 0) is 27.1 Å². The Morgan fingerprint density at radius 2 is 1.72 bits per heavy atom. The molecule has 1 unspecified atom stereocenters. The number of aryl methyl sites for hydroxylation is 6. The topological polar surface area (TPSA) is 94.5 Å². The molecule has 1 N–H and O–H groups in total. The fourth-order valence-electron chi connectivity index (χ4n) is 7.66. The van der Waals surface area contributed by atoms with Gasteiger partial charge in [-0.15, -0.1) is 0 Å². The van der Waals surface area contributed by atoms with Gasteiger partial charge >= 0.3 is 5.97 Å². The fourth-order valence-corrected chi connectivity index (χ4v) is 8.01. The van der Waals surface area contributed by atoms with Crippen LogP contribution in [0.3, 0.4) is 0 Å². The van der Waals surface area contributed by atoms with E-state index in [4.69, 9.17) is 33.0 Å². The molecule has 258 valence electrons. The Labute approximate surface area is 300 Å². The number of carbonyl (C=O) groups is 2. The molecule has 0 bridgehead atoms. The van der Waals surface area contributed by atoms with E-state index in [1.54, 1.807) is 17.0 Å². The maximum Gasteiger partial charge on any atom is 0.335 e. The lowest BCUT2D eigenvalue weighted by molar-refractivity contribution is 0.0696. The zero-order valence-corrected chi connectivity index (χ0v) is 30.7. The first-order valence-corrected chi connectivity index (χ1v) is 17.4. The number of ether oxygens (including phenoxy) is 1. The van der Waals surface area contributed by atoms with Gasteiger partial charge in [0.2, 0.25) is 0 Å². The Bertz CT molecular complexity index is 2360. The van der Waals surface area contributed by atoms with Gasteiger partial charge in [0.15, 0.2) is 0 Å². The minimum atomic E-state index is -1.05. The average molecular weight is 713 g/mol. The Balaban J connectivity index is 1.39. The van der Waals surface area contributed by atoms with Crippen LogP contribution < -0.4 is 9.64 Å². The summed E-state index contributed by atoms with van der Waals surface area (Å²) in [6.45, 7) is 10.9. The largest absolute Gasteiger partial charge is 0.494 e. The molecule has 0 saturated carbocycles. The SMILES string of the molecule is Cc1cc(OCCCc2c3n(c4c(-c5c(C)nn(C)c5C)c(Cl)ccc24)CC(C)N(c2cc(C(=O)O)cc4c2ccn4C)C3=O)cc(C)c1Cl. The molecular weight excluding hydrogens is 673 g/mol. The van der Waals surface area contributed by atoms with Gasteiger partial charge in [0.1, 0.15) is 11.4 Å². The second kappa shape index (κ2) is 12.5. The summed E-state index contributed by atoms with van der Waals surface area (Å²) in [5.74, 6) is -0.478. The van der Waals surface area contributed by atoms with Gasteiger partial charge in [-0.2, -0.15) is 5.10 Å². The van der Waals surface area contributed by atoms with Crippen molar-refractivity contribution in [3.8, 4) is 16.9 Å². The number of hydrogen-bond acceptors (Lipinski definition) is 4. The van der Waals surface area contributed by atoms with Crippen molar-refractivity contribution >= 4 is 62.6 Å². The highest BCUT2D eigenvalue weighted by atomic mass is 35.5. The molecule has 0 fully saturated rings. The van der Waals surface area contributed by atoms with E-state index in [2.05, 4.69) is 4.57 Å². The third-order valence-corrected chi connectivity index (χ3v) is 11.0. The van der Waals surface area contributed by atoms with Crippen molar-refractivity contribution in [1.82, 2.24) is 18.9 Å². The summed E-state index contributed by atoms with van der Waals surface area (Å²) in [6.07, 6.45) is 3.11. The summed E-state index contributed by atoms with van der Waals surface area (Å²) in [4.78, 5) is 29.1. The molecule has 1 aliphatic rings. The Morgan fingerprint density at radius 1 is 1.00 bits per heavy atom. The van der Waals surface area contributed by atoms with Crippen molar-refractivity contribution in [2.45, 2.75) is 60.0 Å². The van der Waals surface area contributed by atoms with Crippen LogP contribution in [0.2, 0.25) is 10.0 Å². The number of anilines is 1. The minimum absolute atomic E-state index is 0.127.